The third kappa shape index (κ3) is 5.34. The van der Waals surface area contributed by atoms with Crippen molar-refractivity contribution in [3.63, 3.8) is 0 Å². The Morgan fingerprint density at radius 1 is 1.41 bits per heavy atom. The molecule has 0 aromatic rings. The topological polar surface area (TPSA) is 113 Å². The van der Waals surface area contributed by atoms with Crippen LogP contribution in [0.15, 0.2) is 0 Å². The summed E-state index contributed by atoms with van der Waals surface area (Å²) in [5.41, 5.74) is 0. The van der Waals surface area contributed by atoms with Gasteiger partial charge >= 0.3 is 11.9 Å². The summed E-state index contributed by atoms with van der Waals surface area (Å²) < 4.78 is 4.63. The summed E-state index contributed by atoms with van der Waals surface area (Å²) in [5.74, 6) is -2.34. The number of nitrogens with one attached hydrogen (secondary N) is 1. The van der Waals surface area contributed by atoms with Crippen LogP contribution < -0.4 is 5.32 Å². The van der Waals surface area contributed by atoms with Crippen molar-refractivity contribution in [2.24, 2.45) is 5.92 Å². The van der Waals surface area contributed by atoms with Crippen LogP contribution >= 0.6 is 0 Å². The number of carbonyl (C=O) groups is 4. The molecule has 0 aliphatic carbocycles. The number of aliphatic carboxylic acids is 1. The number of likely N-dealkylation sites (tertiary alicyclic amines) is 1. The van der Waals surface area contributed by atoms with Gasteiger partial charge in [-0.25, -0.2) is 4.79 Å². The number of ether oxygens (including phenoxy) is 1. The van der Waals surface area contributed by atoms with E-state index in [-0.39, 0.29) is 24.2 Å². The van der Waals surface area contributed by atoms with Crippen LogP contribution in [-0.4, -0.2) is 60.0 Å². The van der Waals surface area contributed by atoms with Crippen molar-refractivity contribution in [1.82, 2.24) is 10.2 Å². The first-order chi connectivity index (χ1) is 10.3. The quantitative estimate of drug-likeness (QED) is 0.472. The number of esters is 1. The van der Waals surface area contributed by atoms with E-state index in [9.17, 15) is 19.2 Å². The zero-order valence-electron chi connectivity index (χ0n) is 12.8. The monoisotopic (exact) mass is 314 g/mol. The number of carboxylic acids is 1. The normalized spacial score (nSPS) is 18.9. The van der Waals surface area contributed by atoms with Gasteiger partial charge in [-0.3, -0.25) is 14.4 Å². The van der Waals surface area contributed by atoms with Crippen LogP contribution in [0.1, 0.15) is 32.6 Å². The zero-order valence-corrected chi connectivity index (χ0v) is 12.8. The van der Waals surface area contributed by atoms with Gasteiger partial charge in [0.1, 0.15) is 6.04 Å². The molecule has 8 heteroatoms. The molecule has 0 aromatic heterocycles. The lowest BCUT2D eigenvalue weighted by Gasteiger charge is -2.17. The molecular weight excluding hydrogens is 292 g/mol. The van der Waals surface area contributed by atoms with Crippen molar-refractivity contribution in [3.8, 4) is 0 Å². The highest BCUT2D eigenvalue weighted by atomic mass is 16.5. The van der Waals surface area contributed by atoms with Gasteiger partial charge in [-0.05, 0) is 19.3 Å². The average Bonchev–Trinajstić information content (AvgIpc) is 2.82. The lowest BCUT2D eigenvalue weighted by molar-refractivity contribution is -0.145. The molecule has 1 saturated heterocycles. The van der Waals surface area contributed by atoms with E-state index in [2.05, 4.69) is 10.1 Å². The molecule has 2 amide bonds. The second-order valence-corrected chi connectivity index (χ2v) is 5.35. The van der Waals surface area contributed by atoms with Crippen LogP contribution in [0.5, 0.6) is 0 Å². The maximum Gasteiger partial charge on any atom is 0.326 e. The zero-order chi connectivity index (χ0) is 16.7. The molecule has 0 aromatic carbocycles. The van der Waals surface area contributed by atoms with Crippen LogP contribution in [0.25, 0.3) is 0 Å². The molecule has 0 spiro atoms. The van der Waals surface area contributed by atoms with E-state index in [1.807, 2.05) is 0 Å². The molecule has 2 atom stereocenters. The van der Waals surface area contributed by atoms with Gasteiger partial charge in [0.25, 0.3) is 0 Å². The number of unbranched alkanes of at least 4 members (excludes halogenated alkanes) is 1. The van der Waals surface area contributed by atoms with E-state index in [0.29, 0.717) is 32.4 Å². The van der Waals surface area contributed by atoms with Crippen LogP contribution in [0, 0.1) is 5.92 Å². The molecule has 0 radical (unpaired) electrons. The van der Waals surface area contributed by atoms with Gasteiger partial charge in [-0.2, -0.15) is 0 Å². The van der Waals surface area contributed by atoms with Crippen molar-refractivity contribution in [1.29, 1.82) is 0 Å². The minimum Gasteiger partial charge on any atom is -0.480 e. The molecule has 1 aliphatic heterocycles. The van der Waals surface area contributed by atoms with Gasteiger partial charge < -0.3 is 20.1 Å². The number of carbonyl (C=O) groups excluding carboxylic acids is 3. The van der Waals surface area contributed by atoms with Gasteiger partial charge in [0.2, 0.25) is 11.8 Å². The number of methoxy groups -OCH3 is 1. The fraction of sp³-hybridized carbons (Fsp3) is 0.714. The maximum absolute atomic E-state index is 11.8. The van der Waals surface area contributed by atoms with Crippen LogP contribution in [0.2, 0.25) is 0 Å². The molecule has 1 unspecified atom stereocenters. The maximum atomic E-state index is 11.8. The number of rotatable bonds is 8. The Morgan fingerprint density at radius 2 is 2.09 bits per heavy atom. The highest BCUT2D eigenvalue weighted by molar-refractivity contribution is 5.86. The number of amides is 2. The Bertz CT molecular complexity index is 451. The van der Waals surface area contributed by atoms with Crippen molar-refractivity contribution < 1.29 is 29.0 Å². The van der Waals surface area contributed by atoms with Crippen molar-refractivity contribution >= 4 is 23.8 Å². The summed E-state index contributed by atoms with van der Waals surface area (Å²) in [5, 5.41) is 11.3. The Kier molecular flexibility index (Phi) is 6.81. The van der Waals surface area contributed by atoms with E-state index in [0.717, 1.165) is 0 Å². The number of carboxylic acid groups (broad SMARTS) is 1. The van der Waals surface area contributed by atoms with Gasteiger partial charge in [0.15, 0.2) is 0 Å². The van der Waals surface area contributed by atoms with Crippen molar-refractivity contribution in [2.45, 2.75) is 38.6 Å². The second kappa shape index (κ2) is 8.35. The molecule has 124 valence electrons. The number of hydrogen-bond acceptors (Lipinski definition) is 5. The van der Waals surface area contributed by atoms with Gasteiger partial charge in [0, 0.05) is 26.4 Å². The third-order valence-electron chi connectivity index (χ3n) is 3.60. The Hall–Kier alpha value is -2.12. The molecular formula is C14H22N2O6. The van der Waals surface area contributed by atoms with Gasteiger partial charge in [-0.15, -0.1) is 0 Å². The molecule has 8 nitrogen and oxygen atoms in total. The molecule has 2 N–H and O–H groups in total. The summed E-state index contributed by atoms with van der Waals surface area (Å²) in [4.78, 5) is 46.6. The molecule has 0 saturated carbocycles. The Labute approximate surface area is 128 Å². The molecule has 22 heavy (non-hydrogen) atoms. The highest BCUT2D eigenvalue weighted by Crippen LogP contribution is 2.19. The van der Waals surface area contributed by atoms with Gasteiger partial charge in [0.05, 0.1) is 13.0 Å². The van der Waals surface area contributed by atoms with Crippen LogP contribution in [0.4, 0.5) is 0 Å². The summed E-state index contributed by atoms with van der Waals surface area (Å²) in [6, 6.07) is -0.908. The fourth-order valence-electron chi connectivity index (χ4n) is 2.47. The fourth-order valence-corrected chi connectivity index (χ4v) is 2.47. The Morgan fingerprint density at radius 3 is 2.64 bits per heavy atom. The van der Waals surface area contributed by atoms with E-state index in [4.69, 9.17) is 5.11 Å². The minimum atomic E-state index is -1.07. The van der Waals surface area contributed by atoms with E-state index in [1.165, 1.54) is 14.0 Å². The van der Waals surface area contributed by atoms with E-state index < -0.39 is 17.9 Å². The molecule has 1 fully saturated rings. The molecule has 0 bridgehead atoms. The largest absolute Gasteiger partial charge is 0.480 e. The van der Waals surface area contributed by atoms with Crippen LogP contribution in [0.3, 0.4) is 0 Å². The SMILES string of the molecule is COC(=O)C1CC(=O)N(CCCC[C@H](NC(C)=O)C(=O)O)C1. The first kappa shape index (κ1) is 17.9. The Balaban J connectivity index is 2.32. The average molecular weight is 314 g/mol. The van der Waals surface area contributed by atoms with Crippen molar-refractivity contribution in [2.75, 3.05) is 20.2 Å². The van der Waals surface area contributed by atoms with Gasteiger partial charge in [-0.1, -0.05) is 0 Å². The summed E-state index contributed by atoms with van der Waals surface area (Å²) in [7, 11) is 1.30. The van der Waals surface area contributed by atoms with E-state index in [1.54, 1.807) is 4.90 Å². The third-order valence-corrected chi connectivity index (χ3v) is 3.60. The minimum absolute atomic E-state index is 0.0907. The second-order valence-electron chi connectivity index (χ2n) is 5.35. The lowest BCUT2D eigenvalue weighted by atomic mass is 10.1. The predicted octanol–water partition coefficient (Wildman–Crippen LogP) is -0.232. The van der Waals surface area contributed by atoms with Crippen molar-refractivity contribution in [3.05, 3.63) is 0 Å². The summed E-state index contributed by atoms with van der Waals surface area (Å²) in [6.07, 6.45) is 1.64. The lowest BCUT2D eigenvalue weighted by Crippen LogP contribution is -2.39. The molecule has 1 rings (SSSR count). The summed E-state index contributed by atoms with van der Waals surface area (Å²) in [6.45, 7) is 2.09. The van der Waals surface area contributed by atoms with E-state index >= 15 is 0 Å². The first-order valence-electron chi connectivity index (χ1n) is 7.20. The molecule has 1 heterocycles. The number of hydrogen-bond donors (Lipinski definition) is 2. The standard InChI is InChI=1S/C14H22N2O6/c1-9(17)15-11(13(19)20)5-3-4-6-16-8-10(7-12(16)18)14(21)22-2/h10-11H,3-8H2,1-2H3,(H,15,17)(H,19,20)/t10?,11-/m0/s1. The first-order valence-corrected chi connectivity index (χ1v) is 7.20. The summed E-state index contributed by atoms with van der Waals surface area (Å²) >= 11 is 0. The highest BCUT2D eigenvalue weighted by Gasteiger charge is 2.34. The smallest absolute Gasteiger partial charge is 0.326 e. The van der Waals surface area contributed by atoms with Crippen LogP contribution in [-0.2, 0) is 23.9 Å². The molecule has 1 aliphatic rings. The number of nitrogens with zero attached hydrogens (tertiary/aromatic N) is 1. The predicted molar refractivity (Wildman–Crippen MR) is 75.8 cm³/mol.